The molecule has 0 saturated heterocycles. The standard InChI is InChI=1S/C23H29N3O2S2/c1-7-25-21(28)19-15(2)16(3)30-20(19)24-22(25)29-14-18(27)26(23(4,5)6)13-17-11-9-8-10-12-17/h8-12H,7,13-14H2,1-6H3. The first-order valence-electron chi connectivity index (χ1n) is 10.1. The van der Waals surface area contributed by atoms with Crippen molar-refractivity contribution in [3.05, 3.63) is 56.7 Å². The molecule has 0 unspecified atom stereocenters. The highest BCUT2D eigenvalue weighted by molar-refractivity contribution is 7.99. The van der Waals surface area contributed by atoms with E-state index in [1.54, 1.807) is 4.57 Å². The predicted molar refractivity (Wildman–Crippen MR) is 126 cm³/mol. The lowest BCUT2D eigenvalue weighted by molar-refractivity contribution is -0.133. The van der Waals surface area contributed by atoms with Gasteiger partial charge in [-0.1, -0.05) is 42.1 Å². The van der Waals surface area contributed by atoms with E-state index >= 15 is 0 Å². The zero-order valence-electron chi connectivity index (χ0n) is 18.5. The molecule has 0 saturated carbocycles. The van der Waals surface area contributed by atoms with Crippen molar-refractivity contribution in [2.24, 2.45) is 0 Å². The highest BCUT2D eigenvalue weighted by Gasteiger charge is 2.27. The molecule has 5 nitrogen and oxygen atoms in total. The third-order valence-corrected chi connectivity index (χ3v) is 7.25. The zero-order chi connectivity index (χ0) is 22.1. The van der Waals surface area contributed by atoms with Crippen LogP contribution in [0.5, 0.6) is 0 Å². The number of fused-ring (bicyclic) bond motifs is 1. The summed E-state index contributed by atoms with van der Waals surface area (Å²) in [6, 6.07) is 10.0. The molecule has 1 amide bonds. The Bertz CT molecular complexity index is 1110. The van der Waals surface area contributed by atoms with Crippen molar-refractivity contribution in [2.75, 3.05) is 5.75 Å². The molecule has 0 aliphatic rings. The Hall–Kier alpha value is -2.12. The van der Waals surface area contributed by atoms with Crippen LogP contribution < -0.4 is 5.56 Å². The molecule has 0 aliphatic heterocycles. The topological polar surface area (TPSA) is 55.2 Å². The van der Waals surface area contributed by atoms with Crippen LogP contribution in [-0.4, -0.2) is 31.6 Å². The first kappa shape index (κ1) is 22.6. The van der Waals surface area contributed by atoms with Gasteiger partial charge in [0.15, 0.2) is 5.16 Å². The Morgan fingerprint density at radius 2 is 1.87 bits per heavy atom. The van der Waals surface area contributed by atoms with Gasteiger partial charge in [-0.3, -0.25) is 14.2 Å². The number of aromatic nitrogens is 2. The zero-order valence-corrected chi connectivity index (χ0v) is 20.1. The SMILES string of the molecule is CCn1c(SCC(=O)N(Cc2ccccc2)C(C)(C)C)nc2sc(C)c(C)c2c1=O. The molecule has 160 valence electrons. The first-order chi connectivity index (χ1) is 14.1. The van der Waals surface area contributed by atoms with Crippen LogP contribution in [0.1, 0.15) is 43.7 Å². The largest absolute Gasteiger partial charge is 0.333 e. The summed E-state index contributed by atoms with van der Waals surface area (Å²) in [5.74, 6) is 0.276. The third-order valence-electron chi connectivity index (χ3n) is 5.19. The van der Waals surface area contributed by atoms with Crippen LogP contribution in [-0.2, 0) is 17.9 Å². The Morgan fingerprint density at radius 3 is 2.47 bits per heavy atom. The van der Waals surface area contributed by atoms with Gasteiger partial charge in [0.25, 0.3) is 5.56 Å². The summed E-state index contributed by atoms with van der Waals surface area (Å²) < 4.78 is 1.68. The minimum absolute atomic E-state index is 0.0173. The van der Waals surface area contributed by atoms with Crippen molar-refractivity contribution in [2.45, 2.75) is 65.3 Å². The van der Waals surface area contributed by atoms with Gasteiger partial charge in [0, 0.05) is 23.5 Å². The number of carbonyl (C=O) groups excluding carboxylic acids is 1. The maximum atomic E-state index is 13.2. The number of nitrogens with zero attached hydrogens (tertiary/aromatic N) is 3. The molecule has 0 fully saturated rings. The Morgan fingerprint density at radius 1 is 1.20 bits per heavy atom. The molecule has 0 bridgehead atoms. The van der Waals surface area contributed by atoms with Gasteiger partial charge in [-0.15, -0.1) is 11.3 Å². The highest BCUT2D eigenvalue weighted by Crippen LogP contribution is 2.29. The molecule has 0 N–H and O–H groups in total. The second kappa shape index (κ2) is 8.94. The summed E-state index contributed by atoms with van der Waals surface area (Å²) in [4.78, 5) is 34.7. The van der Waals surface area contributed by atoms with Gasteiger partial charge in [0.1, 0.15) is 4.83 Å². The second-order valence-corrected chi connectivity index (χ2v) is 10.5. The van der Waals surface area contributed by atoms with E-state index in [1.807, 2.05) is 76.8 Å². The van der Waals surface area contributed by atoms with Crippen LogP contribution >= 0.6 is 23.1 Å². The fourth-order valence-corrected chi connectivity index (χ4v) is 5.38. The maximum Gasteiger partial charge on any atom is 0.263 e. The van der Waals surface area contributed by atoms with Gasteiger partial charge in [-0.05, 0) is 52.7 Å². The summed E-state index contributed by atoms with van der Waals surface area (Å²) in [7, 11) is 0. The van der Waals surface area contributed by atoms with Crippen LogP contribution in [0.3, 0.4) is 0 Å². The monoisotopic (exact) mass is 443 g/mol. The Labute approximate surface area is 186 Å². The summed E-state index contributed by atoms with van der Waals surface area (Å²) in [5.41, 5.74) is 1.78. The molecule has 30 heavy (non-hydrogen) atoms. The normalized spacial score (nSPS) is 11.8. The van der Waals surface area contributed by atoms with Crippen LogP contribution in [0.25, 0.3) is 10.2 Å². The summed E-state index contributed by atoms with van der Waals surface area (Å²) in [5, 5.41) is 1.31. The minimum atomic E-state index is -0.308. The van der Waals surface area contributed by atoms with Crippen molar-refractivity contribution >= 4 is 39.2 Å². The van der Waals surface area contributed by atoms with Crippen LogP contribution in [0.2, 0.25) is 0 Å². The van der Waals surface area contributed by atoms with Gasteiger partial charge in [0.2, 0.25) is 5.91 Å². The summed E-state index contributed by atoms with van der Waals surface area (Å²) in [6.45, 7) is 13.1. The fraction of sp³-hybridized carbons (Fsp3) is 0.435. The number of thioether (sulfide) groups is 1. The molecular formula is C23H29N3O2S2. The summed E-state index contributed by atoms with van der Waals surface area (Å²) >= 11 is 2.89. The first-order valence-corrected chi connectivity index (χ1v) is 11.9. The van der Waals surface area contributed by atoms with Gasteiger partial charge in [-0.2, -0.15) is 0 Å². The van der Waals surface area contributed by atoms with Crippen LogP contribution in [0.4, 0.5) is 0 Å². The van der Waals surface area contributed by atoms with Gasteiger partial charge in [0.05, 0.1) is 11.1 Å². The van der Waals surface area contributed by atoms with E-state index in [4.69, 9.17) is 4.98 Å². The summed E-state index contributed by atoms with van der Waals surface area (Å²) in [6.07, 6.45) is 0. The van der Waals surface area contributed by atoms with Crippen molar-refractivity contribution < 1.29 is 4.79 Å². The quantitative estimate of drug-likeness (QED) is 0.397. The number of thiophene rings is 1. The number of benzene rings is 1. The van der Waals surface area contributed by atoms with E-state index in [9.17, 15) is 9.59 Å². The molecule has 0 atom stereocenters. The van der Waals surface area contributed by atoms with Crippen LogP contribution in [0, 0.1) is 13.8 Å². The molecule has 3 rings (SSSR count). The molecule has 3 aromatic rings. The highest BCUT2D eigenvalue weighted by atomic mass is 32.2. The predicted octanol–water partition coefficient (Wildman–Crippen LogP) is 5.01. The number of carbonyl (C=O) groups is 1. The molecule has 2 heterocycles. The van der Waals surface area contributed by atoms with E-state index in [1.165, 1.54) is 23.1 Å². The molecule has 0 spiro atoms. The average molecular weight is 444 g/mol. The van der Waals surface area contributed by atoms with E-state index in [0.717, 1.165) is 20.8 Å². The van der Waals surface area contributed by atoms with Gasteiger partial charge in [-0.25, -0.2) is 4.98 Å². The molecular weight excluding hydrogens is 414 g/mol. The lowest BCUT2D eigenvalue weighted by Crippen LogP contribution is -2.46. The minimum Gasteiger partial charge on any atom is -0.333 e. The maximum absolute atomic E-state index is 13.2. The second-order valence-electron chi connectivity index (χ2n) is 8.33. The number of hydrogen-bond donors (Lipinski definition) is 0. The van der Waals surface area contributed by atoms with Crippen molar-refractivity contribution in [1.29, 1.82) is 0 Å². The van der Waals surface area contributed by atoms with E-state index in [0.29, 0.717) is 23.6 Å². The molecule has 0 aliphatic carbocycles. The number of amides is 1. The van der Waals surface area contributed by atoms with Gasteiger partial charge < -0.3 is 4.90 Å². The van der Waals surface area contributed by atoms with E-state index < -0.39 is 0 Å². The molecule has 0 radical (unpaired) electrons. The number of aryl methyl sites for hydroxylation is 2. The van der Waals surface area contributed by atoms with E-state index in [-0.39, 0.29) is 22.8 Å². The lowest BCUT2D eigenvalue weighted by Gasteiger charge is -2.36. The van der Waals surface area contributed by atoms with Crippen molar-refractivity contribution in [3.8, 4) is 0 Å². The van der Waals surface area contributed by atoms with E-state index in [2.05, 4.69) is 0 Å². The van der Waals surface area contributed by atoms with Gasteiger partial charge >= 0.3 is 0 Å². The average Bonchev–Trinajstić information content (AvgIpc) is 2.98. The van der Waals surface area contributed by atoms with Crippen molar-refractivity contribution in [3.63, 3.8) is 0 Å². The molecule has 1 aromatic carbocycles. The smallest absolute Gasteiger partial charge is 0.263 e. The third kappa shape index (κ3) is 4.62. The lowest BCUT2D eigenvalue weighted by atomic mass is 10.0. The Kier molecular flexibility index (Phi) is 6.72. The number of rotatable bonds is 6. The van der Waals surface area contributed by atoms with Crippen molar-refractivity contribution in [1.82, 2.24) is 14.5 Å². The van der Waals surface area contributed by atoms with Crippen LogP contribution in [0.15, 0.2) is 40.3 Å². The molecule has 7 heteroatoms. The number of hydrogen-bond acceptors (Lipinski definition) is 5. The fourth-order valence-electron chi connectivity index (χ4n) is 3.37. The molecule has 2 aromatic heterocycles. The Balaban J connectivity index is 1.86.